The number of rotatable bonds is 4. The van der Waals surface area contributed by atoms with E-state index in [4.69, 9.17) is 9.84 Å². The second-order valence-corrected chi connectivity index (χ2v) is 3.60. The van der Waals surface area contributed by atoms with Crippen molar-refractivity contribution in [3.8, 4) is 0 Å². The summed E-state index contributed by atoms with van der Waals surface area (Å²) in [5, 5.41) is 9.06. The van der Waals surface area contributed by atoms with Gasteiger partial charge in [-0.05, 0) is 6.42 Å². The molecule has 4 nitrogen and oxygen atoms in total. The van der Waals surface area contributed by atoms with Gasteiger partial charge in [-0.2, -0.15) is 0 Å². The predicted octanol–water partition coefficient (Wildman–Crippen LogP) is 0.396. The van der Waals surface area contributed by atoms with Gasteiger partial charge in [0.1, 0.15) is 0 Å². The van der Waals surface area contributed by atoms with E-state index in [0.717, 1.165) is 12.8 Å². The molecule has 0 aromatic rings. The zero-order valence-electron chi connectivity index (χ0n) is 8.74. The molecule has 1 aliphatic rings. The van der Waals surface area contributed by atoms with Crippen molar-refractivity contribution >= 4 is 5.91 Å². The van der Waals surface area contributed by atoms with Crippen LogP contribution in [0.25, 0.3) is 0 Å². The summed E-state index contributed by atoms with van der Waals surface area (Å²) in [7, 11) is 0. The maximum Gasteiger partial charge on any atom is 0.223 e. The molecule has 1 unspecified atom stereocenters. The highest BCUT2D eigenvalue weighted by molar-refractivity contribution is 5.76. The molecule has 0 radical (unpaired) electrons. The summed E-state index contributed by atoms with van der Waals surface area (Å²) in [4.78, 5) is 13.4. The molecule has 0 aliphatic carbocycles. The summed E-state index contributed by atoms with van der Waals surface area (Å²) in [6.07, 6.45) is 2.54. The van der Waals surface area contributed by atoms with Crippen LogP contribution in [-0.2, 0) is 9.53 Å². The first kappa shape index (κ1) is 11.5. The van der Waals surface area contributed by atoms with E-state index in [2.05, 4.69) is 6.92 Å². The Balaban J connectivity index is 2.41. The molecular formula is C10H19NO3. The van der Waals surface area contributed by atoms with Crippen molar-refractivity contribution < 1.29 is 14.6 Å². The molecule has 4 heteroatoms. The van der Waals surface area contributed by atoms with E-state index in [1.54, 1.807) is 4.90 Å². The highest BCUT2D eigenvalue weighted by Crippen LogP contribution is 2.09. The summed E-state index contributed by atoms with van der Waals surface area (Å²) < 4.78 is 5.20. The third-order valence-corrected chi connectivity index (χ3v) is 2.50. The first-order valence-electron chi connectivity index (χ1n) is 5.27. The SMILES string of the molecule is CCCCC(=O)N1CCOCC1CO. The number of carbonyl (C=O) groups is 1. The molecule has 82 valence electrons. The zero-order valence-corrected chi connectivity index (χ0v) is 8.74. The molecule has 0 aromatic heterocycles. The number of carbonyl (C=O) groups excluding carboxylic acids is 1. The van der Waals surface area contributed by atoms with Gasteiger partial charge in [-0.3, -0.25) is 4.79 Å². The molecule has 1 aliphatic heterocycles. The van der Waals surface area contributed by atoms with Gasteiger partial charge in [0.2, 0.25) is 5.91 Å². The number of ether oxygens (including phenoxy) is 1. The molecule has 0 spiro atoms. The van der Waals surface area contributed by atoms with Crippen LogP contribution in [0.4, 0.5) is 0 Å². The van der Waals surface area contributed by atoms with Crippen LogP contribution in [0.2, 0.25) is 0 Å². The standard InChI is InChI=1S/C10H19NO3/c1-2-3-4-10(13)11-5-6-14-8-9(11)7-12/h9,12H,2-8H2,1H3. The van der Waals surface area contributed by atoms with Gasteiger partial charge >= 0.3 is 0 Å². The number of hydrogen-bond donors (Lipinski definition) is 1. The molecule has 1 saturated heterocycles. The molecule has 0 aromatic carbocycles. The smallest absolute Gasteiger partial charge is 0.223 e. The topological polar surface area (TPSA) is 49.8 Å². The molecule has 14 heavy (non-hydrogen) atoms. The van der Waals surface area contributed by atoms with Crippen molar-refractivity contribution in [3.05, 3.63) is 0 Å². The van der Waals surface area contributed by atoms with Gasteiger partial charge in [0, 0.05) is 13.0 Å². The Morgan fingerprint density at radius 3 is 3.07 bits per heavy atom. The van der Waals surface area contributed by atoms with Crippen molar-refractivity contribution in [2.45, 2.75) is 32.2 Å². The average Bonchev–Trinajstić information content (AvgIpc) is 2.25. The van der Waals surface area contributed by atoms with E-state index < -0.39 is 0 Å². The van der Waals surface area contributed by atoms with Gasteiger partial charge in [-0.1, -0.05) is 13.3 Å². The Labute approximate surface area is 84.8 Å². The van der Waals surface area contributed by atoms with Crippen LogP contribution in [0.15, 0.2) is 0 Å². The first-order valence-corrected chi connectivity index (χ1v) is 5.27. The fourth-order valence-electron chi connectivity index (χ4n) is 1.61. The van der Waals surface area contributed by atoms with E-state index in [1.165, 1.54) is 0 Å². The Bertz CT molecular complexity index is 184. The summed E-state index contributed by atoms with van der Waals surface area (Å²) in [6, 6.07) is -0.131. The van der Waals surface area contributed by atoms with Crippen LogP contribution >= 0.6 is 0 Å². The van der Waals surface area contributed by atoms with Gasteiger partial charge in [0.15, 0.2) is 0 Å². The van der Waals surface area contributed by atoms with Crippen LogP contribution in [0.3, 0.4) is 0 Å². The molecule has 1 heterocycles. The van der Waals surface area contributed by atoms with E-state index >= 15 is 0 Å². The molecule has 1 atom stereocenters. The third kappa shape index (κ3) is 2.96. The first-order chi connectivity index (χ1) is 6.79. The fourth-order valence-corrected chi connectivity index (χ4v) is 1.61. The van der Waals surface area contributed by atoms with Gasteiger partial charge in [-0.15, -0.1) is 0 Å². The Hall–Kier alpha value is -0.610. The van der Waals surface area contributed by atoms with Gasteiger partial charge in [0.05, 0.1) is 25.9 Å². The van der Waals surface area contributed by atoms with Crippen molar-refractivity contribution in [1.29, 1.82) is 0 Å². The second kappa shape index (κ2) is 5.98. The lowest BCUT2D eigenvalue weighted by atomic mass is 10.2. The lowest BCUT2D eigenvalue weighted by Gasteiger charge is -2.34. The Morgan fingerprint density at radius 2 is 2.43 bits per heavy atom. The average molecular weight is 201 g/mol. The van der Waals surface area contributed by atoms with Crippen molar-refractivity contribution in [2.24, 2.45) is 0 Å². The van der Waals surface area contributed by atoms with Crippen molar-refractivity contribution in [1.82, 2.24) is 4.90 Å². The molecular weight excluding hydrogens is 182 g/mol. The van der Waals surface area contributed by atoms with Crippen molar-refractivity contribution in [2.75, 3.05) is 26.4 Å². The lowest BCUT2D eigenvalue weighted by molar-refractivity contribution is -0.141. The molecule has 1 amide bonds. The van der Waals surface area contributed by atoms with E-state index in [1.807, 2.05) is 0 Å². The molecule has 1 N–H and O–H groups in total. The van der Waals surface area contributed by atoms with Crippen LogP contribution in [-0.4, -0.2) is 48.3 Å². The van der Waals surface area contributed by atoms with Crippen LogP contribution in [0.5, 0.6) is 0 Å². The van der Waals surface area contributed by atoms with E-state index in [9.17, 15) is 4.79 Å². The monoisotopic (exact) mass is 201 g/mol. The second-order valence-electron chi connectivity index (χ2n) is 3.60. The number of hydrogen-bond acceptors (Lipinski definition) is 3. The number of aliphatic hydroxyl groups excluding tert-OH is 1. The van der Waals surface area contributed by atoms with Gasteiger partial charge in [0.25, 0.3) is 0 Å². The predicted molar refractivity (Wildman–Crippen MR) is 52.9 cm³/mol. The van der Waals surface area contributed by atoms with E-state index in [-0.39, 0.29) is 18.6 Å². The third-order valence-electron chi connectivity index (χ3n) is 2.50. The maximum absolute atomic E-state index is 11.7. The summed E-state index contributed by atoms with van der Waals surface area (Å²) in [6.45, 7) is 3.74. The molecule has 1 fully saturated rings. The number of aliphatic hydroxyl groups is 1. The number of amides is 1. The molecule has 0 saturated carbocycles. The normalized spacial score (nSPS) is 22.4. The summed E-state index contributed by atoms with van der Waals surface area (Å²) in [5.41, 5.74) is 0. The summed E-state index contributed by atoms with van der Waals surface area (Å²) >= 11 is 0. The Kier molecular flexibility index (Phi) is 4.90. The fraction of sp³-hybridized carbons (Fsp3) is 0.900. The minimum atomic E-state index is -0.131. The molecule has 1 rings (SSSR count). The zero-order chi connectivity index (χ0) is 10.4. The lowest BCUT2D eigenvalue weighted by Crippen LogP contribution is -2.50. The quantitative estimate of drug-likeness (QED) is 0.716. The largest absolute Gasteiger partial charge is 0.394 e. The summed E-state index contributed by atoms with van der Waals surface area (Å²) in [5.74, 6) is 0.147. The van der Waals surface area contributed by atoms with Gasteiger partial charge < -0.3 is 14.7 Å². The highest BCUT2D eigenvalue weighted by Gasteiger charge is 2.25. The van der Waals surface area contributed by atoms with Crippen LogP contribution in [0.1, 0.15) is 26.2 Å². The minimum absolute atomic E-state index is 0.00212. The van der Waals surface area contributed by atoms with Crippen molar-refractivity contribution in [3.63, 3.8) is 0 Å². The molecule has 0 bridgehead atoms. The van der Waals surface area contributed by atoms with E-state index in [0.29, 0.717) is 26.2 Å². The maximum atomic E-state index is 11.7. The van der Waals surface area contributed by atoms with Crippen LogP contribution < -0.4 is 0 Å². The number of nitrogens with zero attached hydrogens (tertiary/aromatic N) is 1. The van der Waals surface area contributed by atoms with Crippen LogP contribution in [0, 0.1) is 0 Å². The number of morpholine rings is 1. The minimum Gasteiger partial charge on any atom is -0.394 e. The Morgan fingerprint density at radius 1 is 1.64 bits per heavy atom. The number of unbranched alkanes of at least 4 members (excludes halogenated alkanes) is 1. The highest BCUT2D eigenvalue weighted by atomic mass is 16.5. The van der Waals surface area contributed by atoms with Gasteiger partial charge in [-0.25, -0.2) is 0 Å².